The highest BCUT2D eigenvalue weighted by molar-refractivity contribution is 7.16. The summed E-state index contributed by atoms with van der Waals surface area (Å²) in [6.45, 7) is 7.17. The number of halogens is 2. The van der Waals surface area contributed by atoms with Gasteiger partial charge in [0.25, 0.3) is 10.9 Å². The van der Waals surface area contributed by atoms with E-state index in [-0.39, 0.29) is 12.4 Å². The molecule has 0 aliphatic carbocycles. The van der Waals surface area contributed by atoms with Gasteiger partial charge in [0.05, 0.1) is 19.4 Å². The first-order valence-electron chi connectivity index (χ1n) is 7.86. The molecule has 2 N–H and O–H groups in total. The molecule has 6 nitrogen and oxygen atoms in total. The van der Waals surface area contributed by atoms with Gasteiger partial charge in [0, 0.05) is 0 Å². The van der Waals surface area contributed by atoms with Gasteiger partial charge >= 0.3 is 0 Å². The van der Waals surface area contributed by atoms with Gasteiger partial charge in [-0.1, -0.05) is 12.1 Å². The molecule has 1 heterocycles. The normalized spacial score (nSPS) is 10.4. The lowest BCUT2D eigenvalue weighted by atomic mass is 10.1. The zero-order valence-corrected chi connectivity index (χ0v) is 15.3. The van der Waals surface area contributed by atoms with Gasteiger partial charge in [-0.15, -0.1) is 11.3 Å². The highest BCUT2D eigenvalue weighted by Crippen LogP contribution is 2.37. The molecule has 0 aliphatic heterocycles. The van der Waals surface area contributed by atoms with Gasteiger partial charge in [0.15, 0.2) is 11.6 Å². The van der Waals surface area contributed by atoms with Gasteiger partial charge in [-0.05, 0) is 29.8 Å². The molecule has 2 aromatic carbocycles. The van der Waals surface area contributed by atoms with E-state index in [4.69, 9.17) is 21.8 Å². The van der Waals surface area contributed by atoms with E-state index in [1.807, 2.05) is 0 Å². The SMILES string of the molecule is [C-]#[N+]c1sc(COc2ccc(F)c(C(N)=O)c2F)nc1-c1ccc(OC)cc1. The van der Waals surface area contributed by atoms with Crippen LogP contribution in [-0.4, -0.2) is 18.0 Å². The number of hydrogen-bond acceptors (Lipinski definition) is 5. The van der Waals surface area contributed by atoms with Crippen molar-refractivity contribution in [2.45, 2.75) is 6.61 Å². The number of primary amides is 1. The Balaban J connectivity index is 1.85. The number of carbonyl (C=O) groups excluding carboxylic acids is 1. The Kier molecular flexibility index (Phi) is 5.52. The third-order valence-electron chi connectivity index (χ3n) is 3.77. The Morgan fingerprint density at radius 3 is 2.57 bits per heavy atom. The average molecular weight is 401 g/mol. The maximum Gasteiger partial charge on any atom is 0.268 e. The number of nitrogens with two attached hydrogens (primary N) is 1. The molecular weight excluding hydrogens is 388 g/mol. The van der Waals surface area contributed by atoms with E-state index >= 15 is 0 Å². The van der Waals surface area contributed by atoms with E-state index in [1.54, 1.807) is 31.4 Å². The van der Waals surface area contributed by atoms with Crippen LogP contribution in [0, 0.1) is 18.2 Å². The molecule has 0 unspecified atom stereocenters. The molecule has 9 heteroatoms. The molecule has 142 valence electrons. The van der Waals surface area contributed by atoms with Crippen LogP contribution in [0.4, 0.5) is 13.8 Å². The van der Waals surface area contributed by atoms with Crippen molar-refractivity contribution in [3.8, 4) is 22.8 Å². The van der Waals surface area contributed by atoms with Crippen molar-refractivity contribution >= 4 is 22.2 Å². The van der Waals surface area contributed by atoms with E-state index in [9.17, 15) is 13.6 Å². The lowest BCUT2D eigenvalue weighted by Crippen LogP contribution is -2.16. The first-order valence-corrected chi connectivity index (χ1v) is 8.68. The van der Waals surface area contributed by atoms with Crippen molar-refractivity contribution in [1.29, 1.82) is 0 Å². The number of nitrogens with zero attached hydrogens (tertiary/aromatic N) is 2. The summed E-state index contributed by atoms with van der Waals surface area (Å²) in [5.41, 5.74) is 5.32. The van der Waals surface area contributed by atoms with Crippen LogP contribution >= 0.6 is 11.3 Å². The van der Waals surface area contributed by atoms with E-state index in [2.05, 4.69) is 9.83 Å². The zero-order valence-electron chi connectivity index (χ0n) is 14.5. The standard InChI is InChI=1S/C19H13F2N3O3S/c1-23-19-17(10-3-5-11(26-2)6-4-10)24-14(28-19)9-27-13-8-7-12(20)15(16(13)21)18(22)25/h3-8H,9H2,2H3,(H2,22,25). The lowest BCUT2D eigenvalue weighted by molar-refractivity contribution is 0.0991. The van der Waals surface area contributed by atoms with Gasteiger partial charge in [0.1, 0.15) is 28.7 Å². The van der Waals surface area contributed by atoms with Crippen LogP contribution in [0.2, 0.25) is 0 Å². The van der Waals surface area contributed by atoms with Crippen LogP contribution in [0.5, 0.6) is 11.5 Å². The topological polar surface area (TPSA) is 78.8 Å². The molecule has 0 radical (unpaired) electrons. The van der Waals surface area contributed by atoms with Crippen LogP contribution in [0.1, 0.15) is 15.4 Å². The van der Waals surface area contributed by atoms with Gasteiger partial charge in [-0.3, -0.25) is 9.78 Å². The zero-order chi connectivity index (χ0) is 20.3. The minimum absolute atomic E-state index is 0.163. The predicted octanol–water partition coefficient (Wildman–Crippen LogP) is 4.33. The van der Waals surface area contributed by atoms with Crippen LogP contribution in [0.25, 0.3) is 16.1 Å². The molecule has 0 atom stereocenters. The Hall–Kier alpha value is -3.51. The summed E-state index contributed by atoms with van der Waals surface area (Å²) in [6, 6.07) is 8.99. The van der Waals surface area contributed by atoms with E-state index < -0.39 is 23.1 Å². The number of hydrogen-bond donors (Lipinski definition) is 1. The number of amides is 1. The summed E-state index contributed by atoms with van der Waals surface area (Å²) in [6.07, 6.45) is 0. The smallest absolute Gasteiger partial charge is 0.268 e. The second-order valence-corrected chi connectivity index (χ2v) is 6.55. The summed E-state index contributed by atoms with van der Waals surface area (Å²) < 4.78 is 38.2. The monoisotopic (exact) mass is 401 g/mol. The Morgan fingerprint density at radius 1 is 1.25 bits per heavy atom. The van der Waals surface area contributed by atoms with Crippen molar-refractivity contribution < 1.29 is 23.0 Å². The van der Waals surface area contributed by atoms with Crippen LogP contribution < -0.4 is 15.2 Å². The van der Waals surface area contributed by atoms with Crippen molar-refractivity contribution in [3.63, 3.8) is 0 Å². The first kappa shape index (κ1) is 19.3. The number of aromatic nitrogens is 1. The summed E-state index contributed by atoms with van der Waals surface area (Å²) >= 11 is 1.09. The minimum Gasteiger partial charge on any atom is -0.497 e. The number of carbonyl (C=O) groups is 1. The van der Waals surface area contributed by atoms with Gasteiger partial charge in [-0.25, -0.2) is 13.6 Å². The maximum atomic E-state index is 14.2. The van der Waals surface area contributed by atoms with Crippen LogP contribution in [-0.2, 0) is 6.61 Å². The van der Waals surface area contributed by atoms with E-state index in [0.29, 0.717) is 21.5 Å². The number of methoxy groups -OCH3 is 1. The fraction of sp³-hybridized carbons (Fsp3) is 0.105. The molecular formula is C19H13F2N3O3S. The molecule has 28 heavy (non-hydrogen) atoms. The minimum atomic E-state index is -1.23. The van der Waals surface area contributed by atoms with Crippen LogP contribution in [0.15, 0.2) is 36.4 Å². The molecule has 1 amide bonds. The molecule has 0 saturated heterocycles. The molecule has 0 aliphatic rings. The average Bonchev–Trinajstić information content (AvgIpc) is 3.10. The van der Waals surface area contributed by atoms with E-state index in [1.165, 1.54) is 0 Å². The fourth-order valence-electron chi connectivity index (χ4n) is 2.44. The molecule has 0 fully saturated rings. The third kappa shape index (κ3) is 3.77. The van der Waals surface area contributed by atoms with Crippen LogP contribution in [0.3, 0.4) is 0 Å². The number of rotatable bonds is 6. The highest BCUT2D eigenvalue weighted by Gasteiger charge is 2.20. The van der Waals surface area contributed by atoms with Crippen molar-refractivity contribution in [2.75, 3.05) is 7.11 Å². The summed E-state index contributed by atoms with van der Waals surface area (Å²) in [4.78, 5) is 19.0. The summed E-state index contributed by atoms with van der Waals surface area (Å²) in [7, 11) is 1.55. The van der Waals surface area contributed by atoms with Gasteiger partial charge in [0.2, 0.25) is 0 Å². The Morgan fingerprint density at radius 2 is 1.96 bits per heavy atom. The summed E-state index contributed by atoms with van der Waals surface area (Å²) in [5, 5.41) is 0.766. The van der Waals surface area contributed by atoms with Crippen molar-refractivity contribution in [2.24, 2.45) is 5.73 Å². The number of thiazole rings is 1. The fourth-order valence-corrected chi connectivity index (χ4v) is 3.22. The Bertz CT molecular complexity index is 1080. The van der Waals surface area contributed by atoms with Gasteiger partial charge in [-0.2, -0.15) is 0 Å². The van der Waals surface area contributed by atoms with Gasteiger partial charge < -0.3 is 15.2 Å². The lowest BCUT2D eigenvalue weighted by Gasteiger charge is -2.08. The first-order chi connectivity index (χ1) is 13.4. The second kappa shape index (κ2) is 8.02. The highest BCUT2D eigenvalue weighted by atomic mass is 32.1. The molecule has 0 bridgehead atoms. The van der Waals surface area contributed by atoms with Crippen molar-refractivity contribution in [3.05, 3.63) is 70.0 Å². The Labute approximate surface area is 163 Å². The maximum absolute atomic E-state index is 14.2. The quantitative estimate of drug-likeness (QED) is 0.624. The second-order valence-electron chi connectivity index (χ2n) is 5.49. The summed E-state index contributed by atoms with van der Waals surface area (Å²) in [5.74, 6) is -3.13. The van der Waals surface area contributed by atoms with Crippen molar-refractivity contribution in [1.82, 2.24) is 4.98 Å². The number of benzene rings is 2. The molecule has 3 aromatic rings. The number of ether oxygens (including phenoxy) is 2. The van der Waals surface area contributed by atoms with E-state index in [0.717, 1.165) is 29.0 Å². The third-order valence-corrected chi connectivity index (χ3v) is 4.69. The predicted molar refractivity (Wildman–Crippen MR) is 99.6 cm³/mol. The largest absolute Gasteiger partial charge is 0.497 e. The molecule has 1 aromatic heterocycles. The molecule has 0 spiro atoms. The molecule has 3 rings (SSSR count). The molecule has 0 saturated carbocycles.